The van der Waals surface area contributed by atoms with Crippen molar-refractivity contribution in [3.8, 4) is 11.1 Å². The minimum absolute atomic E-state index is 0.0129. The first-order chi connectivity index (χ1) is 19.3. The number of carbonyl (C=O) groups is 1. The molecule has 0 radical (unpaired) electrons. The fourth-order valence-corrected chi connectivity index (χ4v) is 5.51. The highest BCUT2D eigenvalue weighted by atomic mass is 19.1. The lowest BCUT2D eigenvalue weighted by Gasteiger charge is -2.38. The minimum atomic E-state index is -0.188. The summed E-state index contributed by atoms with van der Waals surface area (Å²) in [5.41, 5.74) is 5.50. The summed E-state index contributed by atoms with van der Waals surface area (Å²) in [6.07, 6.45) is 9.62. The third kappa shape index (κ3) is 8.23. The monoisotopic (exact) mass is 543 g/mol. The SMILES string of the molecule is CCCCCc1ccc(C(=O)N(Cc2ccc(-c3ccc(F)c(C)c3)cc2)C2CCN(CCC(C)C)CC2)nc1. The van der Waals surface area contributed by atoms with Gasteiger partial charge in [-0.25, -0.2) is 4.39 Å². The van der Waals surface area contributed by atoms with Crippen molar-refractivity contribution in [3.63, 3.8) is 0 Å². The first-order valence-corrected chi connectivity index (χ1v) is 15.2. The molecule has 2 heterocycles. The summed E-state index contributed by atoms with van der Waals surface area (Å²) in [4.78, 5) is 23.1. The predicted octanol–water partition coefficient (Wildman–Crippen LogP) is 8.08. The molecule has 0 atom stereocenters. The van der Waals surface area contributed by atoms with E-state index in [0.717, 1.165) is 62.0 Å². The second-order valence-corrected chi connectivity index (χ2v) is 11.9. The van der Waals surface area contributed by atoms with Crippen molar-refractivity contribution in [2.45, 2.75) is 85.2 Å². The number of amides is 1. The van der Waals surface area contributed by atoms with Gasteiger partial charge in [-0.3, -0.25) is 9.78 Å². The first kappa shape index (κ1) is 29.9. The molecule has 1 aromatic heterocycles. The average molecular weight is 544 g/mol. The zero-order valence-corrected chi connectivity index (χ0v) is 24.8. The maximum Gasteiger partial charge on any atom is 0.272 e. The van der Waals surface area contributed by atoms with Gasteiger partial charge in [0, 0.05) is 31.9 Å². The Morgan fingerprint density at radius 1 is 1.00 bits per heavy atom. The van der Waals surface area contributed by atoms with Crippen LogP contribution in [0.3, 0.4) is 0 Å². The Morgan fingerprint density at radius 2 is 1.70 bits per heavy atom. The number of likely N-dealkylation sites (tertiary alicyclic amines) is 1. The number of pyridine rings is 1. The van der Waals surface area contributed by atoms with E-state index in [1.54, 1.807) is 6.92 Å². The number of unbranched alkanes of at least 4 members (excludes halogenated alkanes) is 2. The van der Waals surface area contributed by atoms with E-state index in [0.29, 0.717) is 23.7 Å². The van der Waals surface area contributed by atoms with Crippen LogP contribution in [0.2, 0.25) is 0 Å². The largest absolute Gasteiger partial charge is 0.330 e. The van der Waals surface area contributed by atoms with E-state index in [-0.39, 0.29) is 17.8 Å². The molecule has 1 aliphatic heterocycles. The van der Waals surface area contributed by atoms with E-state index < -0.39 is 0 Å². The fraction of sp³-hybridized carbons (Fsp3) is 0.486. The predicted molar refractivity (Wildman–Crippen MR) is 163 cm³/mol. The molecular formula is C35H46FN3O. The molecule has 40 heavy (non-hydrogen) atoms. The number of carbonyl (C=O) groups excluding carboxylic acids is 1. The van der Waals surface area contributed by atoms with Gasteiger partial charge in [0.2, 0.25) is 0 Å². The number of rotatable bonds is 12. The van der Waals surface area contributed by atoms with Crippen molar-refractivity contribution >= 4 is 5.91 Å². The highest BCUT2D eigenvalue weighted by Gasteiger charge is 2.29. The molecule has 0 unspecified atom stereocenters. The Kier molecular flexibility index (Phi) is 10.9. The van der Waals surface area contributed by atoms with E-state index in [2.05, 4.69) is 65.9 Å². The van der Waals surface area contributed by atoms with Gasteiger partial charge < -0.3 is 9.80 Å². The van der Waals surface area contributed by atoms with Crippen molar-refractivity contribution in [1.82, 2.24) is 14.8 Å². The Morgan fingerprint density at radius 3 is 2.33 bits per heavy atom. The molecule has 1 amide bonds. The lowest BCUT2D eigenvalue weighted by Crippen LogP contribution is -2.47. The van der Waals surface area contributed by atoms with E-state index in [1.807, 2.05) is 24.4 Å². The number of nitrogens with zero attached hydrogens (tertiary/aromatic N) is 3. The zero-order chi connectivity index (χ0) is 28.5. The molecule has 0 spiro atoms. The van der Waals surface area contributed by atoms with Gasteiger partial charge in [0.1, 0.15) is 11.5 Å². The van der Waals surface area contributed by atoms with E-state index in [9.17, 15) is 9.18 Å². The molecule has 0 saturated carbocycles. The van der Waals surface area contributed by atoms with E-state index in [1.165, 1.54) is 30.9 Å². The van der Waals surface area contributed by atoms with Gasteiger partial charge in [0.25, 0.3) is 5.91 Å². The Labute approximate surface area is 240 Å². The van der Waals surface area contributed by atoms with Gasteiger partial charge in [-0.1, -0.05) is 70.0 Å². The molecule has 5 heteroatoms. The molecule has 0 aliphatic carbocycles. The van der Waals surface area contributed by atoms with Crippen molar-refractivity contribution < 1.29 is 9.18 Å². The molecule has 4 rings (SSSR count). The van der Waals surface area contributed by atoms with Crippen molar-refractivity contribution in [1.29, 1.82) is 0 Å². The highest BCUT2D eigenvalue weighted by Crippen LogP contribution is 2.25. The maximum absolute atomic E-state index is 13.9. The number of benzene rings is 2. The number of piperidine rings is 1. The number of aryl methyl sites for hydroxylation is 2. The van der Waals surface area contributed by atoms with Crippen LogP contribution in [0, 0.1) is 18.7 Å². The summed E-state index contributed by atoms with van der Waals surface area (Å²) in [5.74, 6) is 0.528. The fourth-order valence-electron chi connectivity index (χ4n) is 5.51. The molecule has 0 bridgehead atoms. The van der Waals surface area contributed by atoms with Crippen LogP contribution in [0.25, 0.3) is 11.1 Å². The normalized spacial score (nSPS) is 14.6. The van der Waals surface area contributed by atoms with Gasteiger partial charge in [-0.15, -0.1) is 0 Å². The molecule has 3 aromatic rings. The van der Waals surface area contributed by atoms with Crippen LogP contribution in [0.15, 0.2) is 60.8 Å². The van der Waals surface area contributed by atoms with Crippen LogP contribution in [0.4, 0.5) is 4.39 Å². The van der Waals surface area contributed by atoms with Crippen LogP contribution >= 0.6 is 0 Å². The third-order valence-electron chi connectivity index (χ3n) is 8.19. The van der Waals surface area contributed by atoms with Gasteiger partial charge in [-0.2, -0.15) is 0 Å². The smallest absolute Gasteiger partial charge is 0.272 e. The molecule has 0 N–H and O–H groups in total. The summed E-state index contributed by atoms with van der Waals surface area (Å²) in [6, 6.07) is 17.7. The Bertz CT molecular complexity index is 1210. The van der Waals surface area contributed by atoms with Crippen LogP contribution in [-0.4, -0.2) is 46.4 Å². The second-order valence-electron chi connectivity index (χ2n) is 11.9. The van der Waals surface area contributed by atoms with Crippen molar-refractivity contribution in [3.05, 3.63) is 89.0 Å². The van der Waals surface area contributed by atoms with E-state index in [4.69, 9.17) is 0 Å². The lowest BCUT2D eigenvalue weighted by molar-refractivity contribution is 0.0540. The number of hydrogen-bond acceptors (Lipinski definition) is 3. The van der Waals surface area contributed by atoms with Crippen molar-refractivity contribution in [2.75, 3.05) is 19.6 Å². The number of aromatic nitrogens is 1. The zero-order valence-electron chi connectivity index (χ0n) is 24.8. The molecule has 1 aliphatic rings. The highest BCUT2D eigenvalue weighted by molar-refractivity contribution is 5.92. The van der Waals surface area contributed by atoms with Crippen LogP contribution in [0.5, 0.6) is 0 Å². The summed E-state index contributed by atoms with van der Waals surface area (Å²) >= 11 is 0. The quantitative estimate of drug-likeness (QED) is 0.217. The topological polar surface area (TPSA) is 36.4 Å². The van der Waals surface area contributed by atoms with Gasteiger partial charge in [-0.05, 0) is 97.5 Å². The minimum Gasteiger partial charge on any atom is -0.330 e. The Hall–Kier alpha value is -3.05. The molecule has 4 nitrogen and oxygen atoms in total. The molecule has 1 saturated heterocycles. The summed E-state index contributed by atoms with van der Waals surface area (Å²) in [5, 5.41) is 0. The molecular weight excluding hydrogens is 497 g/mol. The van der Waals surface area contributed by atoms with Gasteiger partial charge >= 0.3 is 0 Å². The van der Waals surface area contributed by atoms with Crippen LogP contribution in [0.1, 0.15) is 86.5 Å². The molecule has 2 aromatic carbocycles. The first-order valence-electron chi connectivity index (χ1n) is 15.2. The van der Waals surface area contributed by atoms with E-state index >= 15 is 0 Å². The Balaban J connectivity index is 1.49. The summed E-state index contributed by atoms with van der Waals surface area (Å²) < 4.78 is 13.8. The third-order valence-corrected chi connectivity index (χ3v) is 8.19. The van der Waals surface area contributed by atoms with Gasteiger partial charge in [0.15, 0.2) is 0 Å². The second kappa shape index (κ2) is 14.5. The van der Waals surface area contributed by atoms with Gasteiger partial charge in [0.05, 0.1) is 0 Å². The van der Waals surface area contributed by atoms with Crippen LogP contribution in [-0.2, 0) is 13.0 Å². The molecule has 214 valence electrons. The maximum atomic E-state index is 13.9. The lowest BCUT2D eigenvalue weighted by atomic mass is 9.99. The van der Waals surface area contributed by atoms with Crippen LogP contribution < -0.4 is 0 Å². The number of hydrogen-bond donors (Lipinski definition) is 0. The number of halogens is 1. The standard InChI is InChI=1S/C35H46FN3O/c1-5-6-7-8-28-11-16-34(37-24-28)35(40)39(32-18-21-38(22-19-32)20-17-26(2)3)25-29-9-12-30(13-10-29)31-14-15-33(36)27(4)23-31/h9-16,23-24,26,32H,5-8,17-22,25H2,1-4H3. The van der Waals surface area contributed by atoms with Crippen molar-refractivity contribution in [2.24, 2.45) is 5.92 Å². The summed E-state index contributed by atoms with van der Waals surface area (Å²) in [6.45, 7) is 12.3. The summed E-state index contributed by atoms with van der Waals surface area (Å²) in [7, 11) is 0. The molecule has 1 fully saturated rings. The average Bonchev–Trinajstić information content (AvgIpc) is 2.97.